The topological polar surface area (TPSA) is 12.0 Å². The van der Waals surface area contributed by atoms with Crippen LogP contribution in [0.5, 0.6) is 0 Å². The van der Waals surface area contributed by atoms with E-state index < -0.39 is 0 Å². The van der Waals surface area contributed by atoms with E-state index in [1.165, 1.54) is 17.2 Å². The predicted molar refractivity (Wildman–Crippen MR) is 80.8 cm³/mol. The molecule has 3 heteroatoms. The molecule has 1 nitrogen and oxygen atoms in total. The molecule has 1 N–H and O–H groups in total. The fourth-order valence-electron chi connectivity index (χ4n) is 2.21. The van der Waals surface area contributed by atoms with Gasteiger partial charge in [0.1, 0.15) is 5.82 Å². The van der Waals surface area contributed by atoms with Crippen molar-refractivity contribution in [1.82, 2.24) is 5.32 Å². The van der Waals surface area contributed by atoms with Crippen LogP contribution in [-0.2, 0) is 6.42 Å². The van der Waals surface area contributed by atoms with Gasteiger partial charge in [0.25, 0.3) is 0 Å². The van der Waals surface area contributed by atoms with Crippen LogP contribution in [0.15, 0.2) is 46.9 Å². The molecule has 0 fully saturated rings. The van der Waals surface area contributed by atoms with Crippen LogP contribution in [0.25, 0.3) is 0 Å². The normalized spacial score (nSPS) is 12.4. The maximum absolute atomic E-state index is 14.0. The number of rotatable bonds is 4. The molecule has 0 aromatic heterocycles. The van der Waals surface area contributed by atoms with Gasteiger partial charge in [-0.1, -0.05) is 46.3 Å². The van der Waals surface area contributed by atoms with Crippen molar-refractivity contribution >= 4 is 15.9 Å². The summed E-state index contributed by atoms with van der Waals surface area (Å²) in [6.07, 6.45) is 0.779. The van der Waals surface area contributed by atoms with Crippen LogP contribution < -0.4 is 5.32 Å². The minimum absolute atomic E-state index is 0.0193. The summed E-state index contributed by atoms with van der Waals surface area (Å²) in [5, 5.41) is 3.20. The molecule has 0 amide bonds. The molecule has 2 aromatic carbocycles. The molecule has 0 bridgehead atoms. The number of nitrogens with one attached hydrogen (secondary N) is 1. The Balaban J connectivity index is 2.28. The zero-order valence-corrected chi connectivity index (χ0v) is 12.7. The zero-order chi connectivity index (χ0) is 13.8. The fraction of sp³-hybridized carbons (Fsp3) is 0.250. The summed E-state index contributed by atoms with van der Waals surface area (Å²) >= 11 is 3.29. The third-order valence-electron chi connectivity index (χ3n) is 3.37. The summed E-state index contributed by atoms with van der Waals surface area (Å²) in [7, 11) is 1.87. The highest BCUT2D eigenvalue weighted by Gasteiger charge is 2.15. The van der Waals surface area contributed by atoms with Gasteiger partial charge in [0.05, 0.1) is 0 Å². The maximum Gasteiger partial charge on any atom is 0.129 e. The van der Waals surface area contributed by atoms with E-state index in [2.05, 4.69) is 40.3 Å². The highest BCUT2D eigenvalue weighted by Crippen LogP contribution is 2.24. The summed E-state index contributed by atoms with van der Waals surface area (Å²) in [6, 6.07) is 13.4. The largest absolute Gasteiger partial charge is 0.313 e. The van der Waals surface area contributed by atoms with Crippen molar-refractivity contribution in [3.8, 4) is 0 Å². The third-order valence-corrected chi connectivity index (χ3v) is 3.86. The standard InChI is InChI=1S/C16H17BrFN/c1-11-5-3-4-6-12(11)9-16(19-2)14-8-7-13(17)10-15(14)18/h3-8,10,16,19H,9H2,1-2H3. The predicted octanol–water partition coefficient (Wildman–Crippen LogP) is 4.40. The van der Waals surface area contributed by atoms with Crippen LogP contribution in [0.3, 0.4) is 0 Å². The molecule has 0 spiro atoms. The molecule has 0 radical (unpaired) electrons. The summed E-state index contributed by atoms with van der Waals surface area (Å²) in [4.78, 5) is 0. The molecule has 0 saturated carbocycles. The summed E-state index contributed by atoms with van der Waals surface area (Å²) in [5.41, 5.74) is 3.18. The number of hydrogen-bond acceptors (Lipinski definition) is 1. The molecule has 2 aromatic rings. The maximum atomic E-state index is 14.0. The molecule has 2 rings (SSSR count). The van der Waals surface area contributed by atoms with Crippen molar-refractivity contribution in [2.45, 2.75) is 19.4 Å². The minimum Gasteiger partial charge on any atom is -0.313 e. The monoisotopic (exact) mass is 321 g/mol. The lowest BCUT2D eigenvalue weighted by Gasteiger charge is -2.18. The van der Waals surface area contributed by atoms with E-state index in [4.69, 9.17) is 0 Å². The quantitative estimate of drug-likeness (QED) is 0.880. The lowest BCUT2D eigenvalue weighted by Crippen LogP contribution is -2.20. The first-order valence-corrected chi connectivity index (χ1v) is 7.08. The van der Waals surface area contributed by atoms with E-state index in [1.807, 2.05) is 31.3 Å². The number of halogens is 2. The van der Waals surface area contributed by atoms with Crippen LogP contribution in [0.1, 0.15) is 22.7 Å². The number of hydrogen-bond donors (Lipinski definition) is 1. The van der Waals surface area contributed by atoms with Crippen molar-refractivity contribution in [2.24, 2.45) is 0 Å². The molecule has 1 atom stereocenters. The van der Waals surface area contributed by atoms with Crippen molar-refractivity contribution in [3.63, 3.8) is 0 Å². The minimum atomic E-state index is -0.178. The third kappa shape index (κ3) is 3.43. The van der Waals surface area contributed by atoms with Crippen LogP contribution in [0.4, 0.5) is 4.39 Å². The molecule has 0 aliphatic carbocycles. The van der Waals surface area contributed by atoms with Gasteiger partial charge in [-0.05, 0) is 43.7 Å². The Bertz CT molecular complexity index is 568. The van der Waals surface area contributed by atoms with E-state index in [-0.39, 0.29) is 11.9 Å². The molecule has 0 aliphatic rings. The fourth-order valence-corrected chi connectivity index (χ4v) is 2.54. The van der Waals surface area contributed by atoms with Crippen LogP contribution >= 0.6 is 15.9 Å². The van der Waals surface area contributed by atoms with Crippen molar-refractivity contribution in [3.05, 3.63) is 69.4 Å². The zero-order valence-electron chi connectivity index (χ0n) is 11.1. The second-order valence-electron chi connectivity index (χ2n) is 4.64. The number of aryl methyl sites for hydroxylation is 1. The van der Waals surface area contributed by atoms with Crippen LogP contribution in [0, 0.1) is 12.7 Å². The second-order valence-corrected chi connectivity index (χ2v) is 5.55. The van der Waals surface area contributed by atoms with Crippen molar-refractivity contribution in [1.29, 1.82) is 0 Å². The molecule has 0 saturated heterocycles. The Kier molecular flexibility index (Phi) is 4.72. The smallest absolute Gasteiger partial charge is 0.129 e. The summed E-state index contributed by atoms with van der Waals surface area (Å²) in [6.45, 7) is 2.08. The molecular formula is C16H17BrFN. The molecule has 0 heterocycles. The van der Waals surface area contributed by atoms with Gasteiger partial charge in [0, 0.05) is 16.1 Å². The lowest BCUT2D eigenvalue weighted by molar-refractivity contribution is 0.533. The molecule has 1 unspecified atom stereocenters. The number of likely N-dealkylation sites (N-methyl/N-ethyl adjacent to an activating group) is 1. The van der Waals surface area contributed by atoms with E-state index >= 15 is 0 Å². The highest BCUT2D eigenvalue weighted by atomic mass is 79.9. The molecular weight excluding hydrogens is 305 g/mol. The Labute approximate surface area is 122 Å². The van der Waals surface area contributed by atoms with Crippen LogP contribution in [0.2, 0.25) is 0 Å². The van der Waals surface area contributed by atoms with Gasteiger partial charge < -0.3 is 5.32 Å². The Morgan fingerprint density at radius 2 is 1.95 bits per heavy atom. The lowest BCUT2D eigenvalue weighted by atomic mass is 9.96. The SMILES string of the molecule is CNC(Cc1ccccc1C)c1ccc(Br)cc1F. The van der Waals surface area contributed by atoms with Gasteiger partial charge >= 0.3 is 0 Å². The average Bonchev–Trinajstić information content (AvgIpc) is 2.39. The number of benzene rings is 2. The van der Waals surface area contributed by atoms with Gasteiger partial charge in [-0.3, -0.25) is 0 Å². The van der Waals surface area contributed by atoms with Crippen LogP contribution in [-0.4, -0.2) is 7.05 Å². The van der Waals surface area contributed by atoms with Crippen molar-refractivity contribution in [2.75, 3.05) is 7.05 Å². The Morgan fingerprint density at radius 3 is 2.58 bits per heavy atom. The van der Waals surface area contributed by atoms with Crippen molar-refractivity contribution < 1.29 is 4.39 Å². The molecule has 19 heavy (non-hydrogen) atoms. The van der Waals surface area contributed by atoms with E-state index in [9.17, 15) is 4.39 Å². The van der Waals surface area contributed by atoms with Gasteiger partial charge in [-0.2, -0.15) is 0 Å². The molecule has 100 valence electrons. The summed E-state index contributed by atoms with van der Waals surface area (Å²) in [5.74, 6) is -0.178. The van der Waals surface area contributed by atoms with Gasteiger partial charge in [-0.25, -0.2) is 4.39 Å². The van der Waals surface area contributed by atoms with E-state index in [1.54, 1.807) is 0 Å². The Morgan fingerprint density at radius 1 is 1.21 bits per heavy atom. The first-order valence-electron chi connectivity index (χ1n) is 6.28. The second kappa shape index (κ2) is 6.31. The Hall–Kier alpha value is -1.19. The highest BCUT2D eigenvalue weighted by molar-refractivity contribution is 9.10. The summed E-state index contributed by atoms with van der Waals surface area (Å²) < 4.78 is 14.8. The van der Waals surface area contributed by atoms with E-state index in [0.29, 0.717) is 5.56 Å². The van der Waals surface area contributed by atoms with E-state index in [0.717, 1.165) is 10.9 Å². The first kappa shape index (κ1) is 14.2. The average molecular weight is 322 g/mol. The van der Waals surface area contributed by atoms with Gasteiger partial charge in [0.2, 0.25) is 0 Å². The molecule has 0 aliphatic heterocycles. The first-order chi connectivity index (χ1) is 9.11. The van der Waals surface area contributed by atoms with Gasteiger partial charge in [0.15, 0.2) is 0 Å². The van der Waals surface area contributed by atoms with Gasteiger partial charge in [-0.15, -0.1) is 0 Å².